The molecule has 0 radical (unpaired) electrons. The fraction of sp³-hybridized carbons (Fsp3) is 0.394. The van der Waals surface area contributed by atoms with Crippen molar-refractivity contribution in [1.29, 1.82) is 0 Å². The van der Waals surface area contributed by atoms with E-state index in [0.717, 1.165) is 30.5 Å². The number of carbonyl (C=O) groups is 2. The summed E-state index contributed by atoms with van der Waals surface area (Å²) in [6.07, 6.45) is -2.13. The SMILES string of the molecule is CC(C)[C@@H](C(=O)NCc1ccccc1)[C@@H](O)[C@H](O)[C@H](Cc1cc(F)cc(F)c1)NC(=O)c1ccc(S(=O)(=O)N2CCCC2)cc1. The molecule has 0 aliphatic carbocycles. The quantitative estimate of drug-likeness (QED) is 0.226. The fourth-order valence-electron chi connectivity index (χ4n) is 5.55. The van der Waals surface area contributed by atoms with Gasteiger partial charge in [0, 0.05) is 31.3 Å². The summed E-state index contributed by atoms with van der Waals surface area (Å²) in [4.78, 5) is 26.6. The molecule has 1 saturated heterocycles. The van der Waals surface area contributed by atoms with E-state index in [1.54, 1.807) is 13.8 Å². The zero-order valence-corrected chi connectivity index (χ0v) is 26.0. The number of aliphatic hydroxyl groups is 2. The molecule has 1 aliphatic heterocycles. The molecule has 12 heteroatoms. The highest BCUT2D eigenvalue weighted by atomic mass is 32.2. The minimum absolute atomic E-state index is 0.0319. The lowest BCUT2D eigenvalue weighted by Gasteiger charge is -2.33. The molecule has 242 valence electrons. The van der Waals surface area contributed by atoms with Crippen LogP contribution in [-0.2, 0) is 27.8 Å². The van der Waals surface area contributed by atoms with Crippen molar-refractivity contribution in [3.63, 3.8) is 0 Å². The Bertz CT molecular complexity index is 1540. The van der Waals surface area contributed by atoms with Crippen molar-refractivity contribution in [3.8, 4) is 0 Å². The predicted octanol–water partition coefficient (Wildman–Crippen LogP) is 3.40. The Morgan fingerprint density at radius 2 is 1.47 bits per heavy atom. The van der Waals surface area contributed by atoms with E-state index in [4.69, 9.17) is 0 Å². The molecule has 0 spiro atoms. The molecule has 4 atom stereocenters. The summed E-state index contributed by atoms with van der Waals surface area (Å²) in [5.74, 6) is -4.48. The van der Waals surface area contributed by atoms with Crippen LogP contribution in [0, 0.1) is 23.5 Å². The lowest BCUT2D eigenvalue weighted by atomic mass is 9.83. The van der Waals surface area contributed by atoms with Crippen LogP contribution in [0.5, 0.6) is 0 Å². The van der Waals surface area contributed by atoms with E-state index in [-0.39, 0.29) is 29.0 Å². The maximum absolute atomic E-state index is 14.0. The van der Waals surface area contributed by atoms with Crippen molar-refractivity contribution in [2.75, 3.05) is 13.1 Å². The first-order valence-electron chi connectivity index (χ1n) is 14.9. The number of nitrogens with one attached hydrogen (secondary N) is 2. The van der Waals surface area contributed by atoms with Crippen molar-refractivity contribution >= 4 is 21.8 Å². The lowest BCUT2D eigenvalue weighted by molar-refractivity contribution is -0.135. The molecule has 1 fully saturated rings. The molecule has 1 aliphatic rings. The summed E-state index contributed by atoms with van der Waals surface area (Å²) in [6.45, 7) is 4.45. The van der Waals surface area contributed by atoms with Crippen LogP contribution in [0.25, 0.3) is 0 Å². The van der Waals surface area contributed by atoms with Gasteiger partial charge in [0.05, 0.1) is 23.0 Å². The van der Waals surface area contributed by atoms with Gasteiger partial charge in [0.25, 0.3) is 5.91 Å². The van der Waals surface area contributed by atoms with E-state index in [2.05, 4.69) is 10.6 Å². The van der Waals surface area contributed by atoms with Crippen LogP contribution < -0.4 is 10.6 Å². The third kappa shape index (κ3) is 8.72. The highest BCUT2D eigenvalue weighted by Crippen LogP contribution is 2.24. The minimum atomic E-state index is -3.71. The van der Waals surface area contributed by atoms with E-state index >= 15 is 0 Å². The van der Waals surface area contributed by atoms with Crippen LogP contribution in [-0.4, -0.2) is 66.1 Å². The highest BCUT2D eigenvalue weighted by molar-refractivity contribution is 7.89. The van der Waals surface area contributed by atoms with Crippen LogP contribution >= 0.6 is 0 Å². The fourth-order valence-corrected chi connectivity index (χ4v) is 7.07. The van der Waals surface area contributed by atoms with Gasteiger partial charge in [-0.25, -0.2) is 17.2 Å². The van der Waals surface area contributed by atoms with Crippen LogP contribution in [0.1, 0.15) is 48.2 Å². The number of nitrogens with zero attached hydrogens (tertiary/aromatic N) is 1. The molecular formula is C33H39F2N3O6S. The molecule has 1 heterocycles. The topological polar surface area (TPSA) is 136 Å². The average molecular weight is 644 g/mol. The summed E-state index contributed by atoms with van der Waals surface area (Å²) < 4.78 is 55.2. The Kier molecular flexibility index (Phi) is 11.4. The predicted molar refractivity (Wildman–Crippen MR) is 164 cm³/mol. The molecule has 2 amide bonds. The van der Waals surface area contributed by atoms with E-state index in [9.17, 15) is 37.0 Å². The molecule has 0 saturated carbocycles. The number of aliphatic hydroxyl groups excluding tert-OH is 2. The molecule has 45 heavy (non-hydrogen) atoms. The zero-order valence-electron chi connectivity index (χ0n) is 25.2. The van der Waals surface area contributed by atoms with Gasteiger partial charge in [-0.3, -0.25) is 9.59 Å². The Morgan fingerprint density at radius 3 is 2.04 bits per heavy atom. The van der Waals surface area contributed by atoms with Crippen LogP contribution in [0.2, 0.25) is 0 Å². The number of hydrogen-bond acceptors (Lipinski definition) is 6. The molecule has 4 N–H and O–H groups in total. The number of sulfonamides is 1. The molecule has 0 aromatic heterocycles. The van der Waals surface area contributed by atoms with E-state index in [1.165, 1.54) is 28.6 Å². The van der Waals surface area contributed by atoms with Crippen LogP contribution in [0.4, 0.5) is 8.78 Å². The van der Waals surface area contributed by atoms with Gasteiger partial charge >= 0.3 is 0 Å². The van der Waals surface area contributed by atoms with Gasteiger partial charge in [-0.1, -0.05) is 44.2 Å². The second-order valence-electron chi connectivity index (χ2n) is 11.7. The highest BCUT2D eigenvalue weighted by Gasteiger charge is 2.39. The molecule has 0 unspecified atom stereocenters. The standard InChI is InChI=1S/C33H39F2N3O6S/c1-21(2)29(33(42)36-20-22-8-4-3-5-9-22)31(40)30(39)28(18-23-16-25(34)19-26(35)17-23)37-32(41)24-10-12-27(13-11-24)45(43,44)38-14-6-7-15-38/h3-5,8-13,16-17,19,21,28-31,39-40H,6-7,14-15,18,20H2,1-2H3,(H,36,42)(H,37,41)/t28-,29+,30+,31+/m0/s1. The third-order valence-corrected chi connectivity index (χ3v) is 9.89. The third-order valence-electron chi connectivity index (χ3n) is 7.97. The summed E-state index contributed by atoms with van der Waals surface area (Å²) in [6, 6.07) is 15.9. The molecule has 3 aromatic rings. The van der Waals surface area contributed by atoms with Crippen LogP contribution in [0.15, 0.2) is 77.7 Å². The number of hydrogen-bond donors (Lipinski definition) is 4. The monoisotopic (exact) mass is 643 g/mol. The van der Waals surface area contributed by atoms with Crippen molar-refractivity contribution in [1.82, 2.24) is 14.9 Å². The van der Waals surface area contributed by atoms with Gasteiger partial charge in [0.2, 0.25) is 15.9 Å². The molecule has 3 aromatic carbocycles. The number of benzene rings is 3. The van der Waals surface area contributed by atoms with E-state index < -0.39 is 63.6 Å². The number of halogens is 2. The Balaban J connectivity index is 1.55. The average Bonchev–Trinajstić information content (AvgIpc) is 3.56. The Labute approximate surface area is 262 Å². The number of rotatable bonds is 13. The Morgan fingerprint density at radius 1 is 0.867 bits per heavy atom. The number of carbonyl (C=O) groups excluding carboxylic acids is 2. The smallest absolute Gasteiger partial charge is 0.251 e. The summed E-state index contributed by atoms with van der Waals surface area (Å²) >= 11 is 0. The van der Waals surface area contributed by atoms with Gasteiger partial charge < -0.3 is 20.8 Å². The van der Waals surface area contributed by atoms with Gasteiger partial charge in [0.15, 0.2) is 0 Å². The first kappa shape index (κ1) is 34.2. The van der Waals surface area contributed by atoms with Crippen molar-refractivity contribution in [3.05, 3.63) is 101 Å². The number of amides is 2. The van der Waals surface area contributed by atoms with Gasteiger partial charge in [-0.05, 0) is 72.7 Å². The van der Waals surface area contributed by atoms with E-state index in [1.807, 2.05) is 30.3 Å². The zero-order chi connectivity index (χ0) is 32.7. The van der Waals surface area contributed by atoms with Crippen molar-refractivity contribution in [2.24, 2.45) is 11.8 Å². The normalized spacial score (nSPS) is 16.6. The van der Waals surface area contributed by atoms with Gasteiger partial charge in [0.1, 0.15) is 17.7 Å². The first-order valence-corrected chi connectivity index (χ1v) is 16.3. The second kappa shape index (κ2) is 15.0. The summed E-state index contributed by atoms with van der Waals surface area (Å²) in [7, 11) is -3.71. The molecule has 9 nitrogen and oxygen atoms in total. The van der Waals surface area contributed by atoms with Crippen molar-refractivity contribution in [2.45, 2.75) is 62.8 Å². The molecule has 4 rings (SSSR count). The second-order valence-corrected chi connectivity index (χ2v) is 13.6. The lowest BCUT2D eigenvalue weighted by Crippen LogP contribution is -2.54. The summed E-state index contributed by atoms with van der Waals surface area (Å²) in [5, 5.41) is 28.1. The Hall–Kier alpha value is -3.71. The maximum Gasteiger partial charge on any atom is 0.251 e. The van der Waals surface area contributed by atoms with Gasteiger partial charge in [-0.15, -0.1) is 0 Å². The summed E-state index contributed by atoms with van der Waals surface area (Å²) in [5.41, 5.74) is 1.00. The molecule has 0 bridgehead atoms. The van der Waals surface area contributed by atoms with E-state index in [0.29, 0.717) is 19.2 Å². The first-order chi connectivity index (χ1) is 21.4. The maximum atomic E-state index is 14.0. The van der Waals surface area contributed by atoms with Crippen LogP contribution in [0.3, 0.4) is 0 Å². The largest absolute Gasteiger partial charge is 0.390 e. The minimum Gasteiger partial charge on any atom is -0.390 e. The van der Waals surface area contributed by atoms with Crippen molar-refractivity contribution < 1.29 is 37.0 Å². The van der Waals surface area contributed by atoms with Gasteiger partial charge in [-0.2, -0.15) is 4.31 Å². The molecular weight excluding hydrogens is 604 g/mol.